The van der Waals surface area contributed by atoms with Gasteiger partial charge in [-0.05, 0) is 0 Å². The van der Waals surface area contributed by atoms with E-state index in [1.807, 2.05) is 0 Å². The summed E-state index contributed by atoms with van der Waals surface area (Å²) >= 11 is 0. The topological polar surface area (TPSA) is 77.8 Å². The maximum absolute atomic E-state index is 11.8. The van der Waals surface area contributed by atoms with Gasteiger partial charge >= 0.3 is 11.9 Å². The first-order valence-corrected chi connectivity index (χ1v) is 2.78. The number of carboxylic acid groups (broad SMARTS) is 2. The molecule has 0 heterocycles. The Balaban J connectivity index is 3.76. The molecule has 0 bridgehead atoms. The van der Waals surface area contributed by atoms with Crippen LogP contribution in [0.3, 0.4) is 0 Å². The van der Waals surface area contributed by atoms with Crippen LogP contribution in [0.5, 0.6) is 0 Å². The third-order valence-electron chi connectivity index (χ3n) is 0.887. The number of nitrogens with zero attached hydrogens (tertiary/aromatic N) is 1. The largest absolute Gasteiger partial charge is 0.480 e. The van der Waals surface area contributed by atoms with Crippen molar-refractivity contribution in [2.45, 2.75) is 0 Å². The van der Waals surface area contributed by atoms with E-state index in [-0.39, 0.29) is 0 Å². The van der Waals surface area contributed by atoms with Crippen LogP contribution < -0.4 is 0 Å². The highest BCUT2D eigenvalue weighted by molar-refractivity contribution is 5.72. The van der Waals surface area contributed by atoms with Crippen LogP contribution in [0.15, 0.2) is 0 Å². The van der Waals surface area contributed by atoms with E-state index in [0.717, 1.165) is 0 Å². The van der Waals surface area contributed by atoms with Crippen LogP contribution in [0.1, 0.15) is 0 Å². The molecule has 0 saturated heterocycles. The van der Waals surface area contributed by atoms with E-state index in [1.54, 1.807) is 0 Å². The lowest BCUT2D eigenvalue weighted by Gasteiger charge is -2.11. The van der Waals surface area contributed by atoms with Crippen LogP contribution >= 0.6 is 0 Å². The molecule has 0 atom stereocenters. The van der Waals surface area contributed by atoms with E-state index in [9.17, 15) is 14.0 Å². The lowest BCUT2D eigenvalue weighted by atomic mass is 10.5. The molecular weight excluding hydrogens is 157 g/mol. The summed E-state index contributed by atoms with van der Waals surface area (Å²) in [4.78, 5) is 20.6. The molecule has 0 rings (SSSR count). The molecule has 0 aliphatic carbocycles. The standard InChI is InChI=1S/C5H8FNO4/c6-3-7(1-4(8)9)2-5(10)11/h1-3H2,(H,8,9)(H,10,11). The summed E-state index contributed by atoms with van der Waals surface area (Å²) in [7, 11) is 0. The van der Waals surface area contributed by atoms with Crippen LogP contribution in [-0.4, -0.2) is 46.9 Å². The first kappa shape index (κ1) is 9.83. The molecule has 0 fully saturated rings. The zero-order chi connectivity index (χ0) is 8.85. The lowest BCUT2D eigenvalue weighted by Crippen LogP contribution is -2.33. The summed E-state index contributed by atoms with van der Waals surface area (Å²) < 4.78 is 11.8. The molecule has 0 aliphatic heterocycles. The quantitative estimate of drug-likeness (QED) is 0.531. The molecule has 6 heteroatoms. The Morgan fingerprint density at radius 2 is 1.55 bits per heavy atom. The van der Waals surface area contributed by atoms with E-state index in [2.05, 4.69) is 0 Å². The van der Waals surface area contributed by atoms with Crippen molar-refractivity contribution in [2.75, 3.05) is 19.9 Å². The van der Waals surface area contributed by atoms with Crippen LogP contribution in [0.2, 0.25) is 0 Å². The zero-order valence-electron chi connectivity index (χ0n) is 5.66. The fourth-order valence-corrected chi connectivity index (χ4v) is 0.523. The van der Waals surface area contributed by atoms with Gasteiger partial charge < -0.3 is 10.2 Å². The van der Waals surface area contributed by atoms with Crippen molar-refractivity contribution >= 4 is 11.9 Å². The van der Waals surface area contributed by atoms with Crippen LogP contribution in [0, 0.1) is 0 Å². The van der Waals surface area contributed by atoms with Gasteiger partial charge in [0.15, 0.2) is 0 Å². The lowest BCUT2D eigenvalue weighted by molar-refractivity contribution is -0.142. The summed E-state index contributed by atoms with van der Waals surface area (Å²) in [6.07, 6.45) is 0. The van der Waals surface area contributed by atoms with Crippen molar-refractivity contribution in [2.24, 2.45) is 0 Å². The maximum Gasteiger partial charge on any atom is 0.317 e. The second-order valence-electron chi connectivity index (χ2n) is 1.89. The van der Waals surface area contributed by atoms with Crippen LogP contribution in [0.25, 0.3) is 0 Å². The Labute approximate surface area is 62.0 Å². The molecule has 0 aromatic carbocycles. The molecule has 11 heavy (non-hydrogen) atoms. The number of halogens is 1. The van der Waals surface area contributed by atoms with Gasteiger partial charge in [-0.2, -0.15) is 0 Å². The van der Waals surface area contributed by atoms with Crippen molar-refractivity contribution in [3.8, 4) is 0 Å². The van der Waals surface area contributed by atoms with Gasteiger partial charge in [-0.25, -0.2) is 4.39 Å². The molecule has 5 nitrogen and oxygen atoms in total. The Bertz CT molecular complexity index is 145. The monoisotopic (exact) mass is 165 g/mol. The Hall–Kier alpha value is -1.17. The second kappa shape index (κ2) is 4.62. The van der Waals surface area contributed by atoms with E-state index >= 15 is 0 Å². The summed E-state index contributed by atoms with van der Waals surface area (Å²) in [5.74, 6) is -2.49. The highest BCUT2D eigenvalue weighted by Gasteiger charge is 2.11. The smallest absolute Gasteiger partial charge is 0.317 e. The van der Waals surface area contributed by atoms with E-state index < -0.39 is 31.8 Å². The number of carbonyl (C=O) groups is 2. The molecule has 0 radical (unpaired) electrons. The van der Waals surface area contributed by atoms with Gasteiger partial charge in [-0.1, -0.05) is 0 Å². The van der Waals surface area contributed by atoms with Gasteiger partial charge in [0.1, 0.15) is 6.80 Å². The SMILES string of the molecule is O=C(O)CN(CF)CC(=O)O. The van der Waals surface area contributed by atoms with E-state index in [1.165, 1.54) is 0 Å². The number of hydrogen-bond acceptors (Lipinski definition) is 3. The maximum atomic E-state index is 11.8. The number of hydrogen-bond donors (Lipinski definition) is 2. The predicted molar refractivity (Wildman–Crippen MR) is 32.8 cm³/mol. The number of rotatable bonds is 5. The third-order valence-corrected chi connectivity index (χ3v) is 0.887. The van der Waals surface area contributed by atoms with Crippen molar-refractivity contribution in [1.29, 1.82) is 0 Å². The predicted octanol–water partition coefficient (Wildman–Crippen LogP) is -0.615. The van der Waals surface area contributed by atoms with Crippen molar-refractivity contribution in [3.05, 3.63) is 0 Å². The van der Waals surface area contributed by atoms with Crippen LogP contribution in [-0.2, 0) is 9.59 Å². The van der Waals surface area contributed by atoms with Crippen LogP contribution in [0.4, 0.5) is 4.39 Å². The molecule has 0 spiro atoms. The number of carboxylic acids is 2. The molecule has 0 saturated carbocycles. The number of aliphatic carboxylic acids is 2. The van der Waals surface area contributed by atoms with Gasteiger partial charge in [-0.15, -0.1) is 0 Å². The fraction of sp³-hybridized carbons (Fsp3) is 0.600. The van der Waals surface area contributed by atoms with Gasteiger partial charge in [0, 0.05) is 0 Å². The van der Waals surface area contributed by atoms with Crippen molar-refractivity contribution in [1.82, 2.24) is 4.90 Å². The minimum atomic E-state index is -1.25. The average Bonchev–Trinajstić information content (AvgIpc) is 1.84. The van der Waals surface area contributed by atoms with Gasteiger partial charge in [0.05, 0.1) is 13.1 Å². The highest BCUT2D eigenvalue weighted by Crippen LogP contribution is 1.87. The molecule has 0 unspecified atom stereocenters. The van der Waals surface area contributed by atoms with E-state index in [0.29, 0.717) is 4.90 Å². The number of alkyl halides is 1. The van der Waals surface area contributed by atoms with Gasteiger partial charge in [-0.3, -0.25) is 14.5 Å². The Morgan fingerprint density at radius 1 is 1.18 bits per heavy atom. The average molecular weight is 165 g/mol. The zero-order valence-corrected chi connectivity index (χ0v) is 5.66. The van der Waals surface area contributed by atoms with Crippen molar-refractivity contribution in [3.63, 3.8) is 0 Å². The molecular formula is C5H8FNO4. The van der Waals surface area contributed by atoms with Gasteiger partial charge in [0.2, 0.25) is 0 Å². The summed E-state index contributed by atoms with van der Waals surface area (Å²) in [6, 6.07) is 0. The summed E-state index contributed by atoms with van der Waals surface area (Å²) in [5.41, 5.74) is 0. The first-order valence-electron chi connectivity index (χ1n) is 2.78. The molecule has 0 amide bonds. The highest BCUT2D eigenvalue weighted by atomic mass is 19.1. The Morgan fingerprint density at radius 3 is 1.73 bits per heavy atom. The minimum Gasteiger partial charge on any atom is -0.480 e. The van der Waals surface area contributed by atoms with Gasteiger partial charge in [0.25, 0.3) is 0 Å². The normalized spacial score (nSPS) is 10.0. The Kier molecular flexibility index (Phi) is 4.12. The molecule has 0 aromatic rings. The molecule has 64 valence electrons. The first-order chi connectivity index (χ1) is 5.06. The van der Waals surface area contributed by atoms with Crippen molar-refractivity contribution < 1.29 is 24.2 Å². The van der Waals surface area contributed by atoms with E-state index in [4.69, 9.17) is 10.2 Å². The third kappa shape index (κ3) is 5.28. The summed E-state index contributed by atoms with van der Waals surface area (Å²) in [5, 5.41) is 16.3. The summed E-state index contributed by atoms with van der Waals surface area (Å²) in [6.45, 7) is -2.26. The fourth-order valence-electron chi connectivity index (χ4n) is 0.523. The molecule has 0 aromatic heterocycles. The molecule has 0 aliphatic rings. The molecule has 2 N–H and O–H groups in total. The second-order valence-corrected chi connectivity index (χ2v) is 1.89. The minimum absolute atomic E-state index is 0.594.